The molecule has 20 heavy (non-hydrogen) atoms. The summed E-state index contributed by atoms with van der Waals surface area (Å²) in [5, 5.41) is 3.23. The van der Waals surface area contributed by atoms with Crippen LogP contribution in [0.15, 0.2) is 30.6 Å². The summed E-state index contributed by atoms with van der Waals surface area (Å²) < 4.78 is 19.4. The van der Waals surface area contributed by atoms with Crippen molar-refractivity contribution in [3.8, 4) is 5.75 Å². The van der Waals surface area contributed by atoms with Crippen molar-refractivity contribution < 1.29 is 9.13 Å². The molecular formula is C15H18FN3O. The van der Waals surface area contributed by atoms with Gasteiger partial charge in [0.15, 0.2) is 11.6 Å². The van der Waals surface area contributed by atoms with Gasteiger partial charge in [-0.2, -0.15) is 0 Å². The molecule has 0 radical (unpaired) electrons. The molecule has 0 aliphatic heterocycles. The Balaban J connectivity index is 2.45. The Labute approximate surface area is 118 Å². The lowest BCUT2D eigenvalue weighted by Gasteiger charge is -2.19. The van der Waals surface area contributed by atoms with Crippen LogP contribution in [0.1, 0.15) is 29.9 Å². The fraction of sp³-hybridized carbons (Fsp3) is 0.333. The number of aromatic nitrogens is 2. The van der Waals surface area contributed by atoms with Crippen LogP contribution in [0.25, 0.3) is 0 Å². The van der Waals surface area contributed by atoms with Crippen LogP contribution in [0.2, 0.25) is 0 Å². The molecule has 2 rings (SSSR count). The molecule has 0 aliphatic rings. The first-order valence-electron chi connectivity index (χ1n) is 6.51. The first-order valence-corrected chi connectivity index (χ1v) is 6.51. The normalized spacial score (nSPS) is 12.2. The van der Waals surface area contributed by atoms with Gasteiger partial charge in [0.1, 0.15) is 0 Å². The molecule has 4 nitrogen and oxygen atoms in total. The monoisotopic (exact) mass is 275 g/mol. The average molecular weight is 275 g/mol. The van der Waals surface area contributed by atoms with Gasteiger partial charge in [-0.1, -0.05) is 19.1 Å². The number of halogens is 1. The van der Waals surface area contributed by atoms with E-state index in [-0.39, 0.29) is 17.6 Å². The highest BCUT2D eigenvalue weighted by Gasteiger charge is 2.20. The van der Waals surface area contributed by atoms with E-state index in [0.717, 1.165) is 5.69 Å². The molecule has 0 fully saturated rings. The van der Waals surface area contributed by atoms with Crippen molar-refractivity contribution in [2.45, 2.75) is 19.9 Å². The standard InChI is InChI=1S/C15H18FN3O/c1-4-17-15(12-9-18-10(2)8-19-12)11-6-5-7-13(20-3)14(11)16/h5-9,15,17H,4H2,1-3H3. The molecule has 1 N–H and O–H groups in total. The Bertz CT molecular complexity index is 572. The van der Waals surface area contributed by atoms with E-state index in [0.29, 0.717) is 17.8 Å². The minimum Gasteiger partial charge on any atom is -0.494 e. The molecule has 0 saturated heterocycles. The third kappa shape index (κ3) is 2.93. The molecular weight excluding hydrogens is 257 g/mol. The highest BCUT2D eigenvalue weighted by Crippen LogP contribution is 2.28. The molecule has 1 unspecified atom stereocenters. The number of benzene rings is 1. The van der Waals surface area contributed by atoms with Crippen LogP contribution in [0.5, 0.6) is 5.75 Å². The molecule has 1 aromatic heterocycles. The predicted octanol–water partition coefficient (Wildman–Crippen LogP) is 2.63. The Morgan fingerprint density at radius 3 is 2.70 bits per heavy atom. The van der Waals surface area contributed by atoms with Gasteiger partial charge >= 0.3 is 0 Å². The average Bonchev–Trinajstić information content (AvgIpc) is 2.47. The minimum atomic E-state index is -0.372. The molecule has 1 atom stereocenters. The van der Waals surface area contributed by atoms with Crippen LogP contribution in [0.3, 0.4) is 0 Å². The van der Waals surface area contributed by atoms with Crippen molar-refractivity contribution in [2.75, 3.05) is 13.7 Å². The zero-order valence-corrected chi connectivity index (χ0v) is 11.9. The van der Waals surface area contributed by atoms with Crippen LogP contribution < -0.4 is 10.1 Å². The second kappa shape index (κ2) is 6.43. The SMILES string of the molecule is CCNC(c1cnc(C)cn1)c1cccc(OC)c1F. The Hall–Kier alpha value is -2.01. The summed E-state index contributed by atoms with van der Waals surface area (Å²) >= 11 is 0. The molecule has 5 heteroatoms. The smallest absolute Gasteiger partial charge is 0.170 e. The van der Waals surface area contributed by atoms with Gasteiger partial charge in [-0.05, 0) is 19.5 Å². The Morgan fingerprint density at radius 2 is 2.10 bits per heavy atom. The van der Waals surface area contributed by atoms with Crippen LogP contribution in [-0.4, -0.2) is 23.6 Å². The van der Waals surface area contributed by atoms with Crippen molar-refractivity contribution >= 4 is 0 Å². The number of methoxy groups -OCH3 is 1. The highest BCUT2D eigenvalue weighted by molar-refractivity contribution is 5.36. The van der Waals surface area contributed by atoms with Gasteiger partial charge in [0, 0.05) is 11.8 Å². The summed E-state index contributed by atoms with van der Waals surface area (Å²) in [6, 6.07) is 4.75. The van der Waals surface area contributed by atoms with E-state index in [1.54, 1.807) is 30.6 Å². The van der Waals surface area contributed by atoms with Crippen molar-refractivity contribution in [3.63, 3.8) is 0 Å². The number of aryl methyl sites for hydroxylation is 1. The molecule has 0 aliphatic carbocycles. The predicted molar refractivity (Wildman–Crippen MR) is 75.2 cm³/mol. The van der Waals surface area contributed by atoms with E-state index < -0.39 is 0 Å². The molecule has 106 valence electrons. The number of hydrogen-bond acceptors (Lipinski definition) is 4. The summed E-state index contributed by atoms with van der Waals surface area (Å²) in [5.41, 5.74) is 2.02. The number of hydrogen-bond donors (Lipinski definition) is 1. The second-order valence-corrected chi connectivity index (χ2v) is 4.44. The van der Waals surface area contributed by atoms with E-state index in [4.69, 9.17) is 4.74 Å². The number of nitrogens with one attached hydrogen (secondary N) is 1. The highest BCUT2D eigenvalue weighted by atomic mass is 19.1. The van der Waals surface area contributed by atoms with E-state index >= 15 is 0 Å². The van der Waals surface area contributed by atoms with Gasteiger partial charge in [-0.25, -0.2) is 4.39 Å². The summed E-state index contributed by atoms with van der Waals surface area (Å²) in [5.74, 6) is -0.145. The van der Waals surface area contributed by atoms with Gasteiger partial charge < -0.3 is 10.1 Å². The van der Waals surface area contributed by atoms with Gasteiger partial charge in [-0.3, -0.25) is 9.97 Å². The van der Waals surface area contributed by atoms with Gasteiger partial charge in [0.2, 0.25) is 0 Å². The largest absolute Gasteiger partial charge is 0.494 e. The van der Waals surface area contributed by atoms with Crippen molar-refractivity contribution in [1.82, 2.24) is 15.3 Å². The fourth-order valence-electron chi connectivity index (χ4n) is 2.04. The zero-order chi connectivity index (χ0) is 14.5. The minimum absolute atomic E-state index is 0.227. The lowest BCUT2D eigenvalue weighted by Crippen LogP contribution is -2.24. The van der Waals surface area contributed by atoms with E-state index in [9.17, 15) is 4.39 Å². The van der Waals surface area contributed by atoms with Gasteiger partial charge in [0.25, 0.3) is 0 Å². The molecule has 0 saturated carbocycles. The number of ether oxygens (including phenoxy) is 1. The summed E-state index contributed by atoms with van der Waals surface area (Å²) in [4.78, 5) is 8.56. The lowest BCUT2D eigenvalue weighted by molar-refractivity contribution is 0.381. The topological polar surface area (TPSA) is 47.0 Å². The second-order valence-electron chi connectivity index (χ2n) is 4.44. The molecule has 0 bridgehead atoms. The summed E-state index contributed by atoms with van der Waals surface area (Å²) in [6.07, 6.45) is 3.35. The quantitative estimate of drug-likeness (QED) is 0.911. The molecule has 2 aromatic rings. The van der Waals surface area contributed by atoms with Crippen molar-refractivity contribution in [2.24, 2.45) is 0 Å². The zero-order valence-electron chi connectivity index (χ0n) is 11.9. The first kappa shape index (κ1) is 14.4. The third-order valence-corrected chi connectivity index (χ3v) is 3.03. The third-order valence-electron chi connectivity index (χ3n) is 3.03. The fourth-order valence-corrected chi connectivity index (χ4v) is 2.04. The van der Waals surface area contributed by atoms with Gasteiger partial charge in [0.05, 0.1) is 30.7 Å². The maximum absolute atomic E-state index is 14.4. The molecule has 0 spiro atoms. The van der Waals surface area contributed by atoms with Crippen molar-refractivity contribution in [1.29, 1.82) is 0 Å². The first-order chi connectivity index (χ1) is 9.67. The van der Waals surface area contributed by atoms with Crippen LogP contribution >= 0.6 is 0 Å². The molecule has 1 aromatic carbocycles. The number of rotatable bonds is 5. The van der Waals surface area contributed by atoms with Crippen LogP contribution in [-0.2, 0) is 0 Å². The van der Waals surface area contributed by atoms with E-state index in [1.165, 1.54) is 7.11 Å². The maximum Gasteiger partial charge on any atom is 0.170 e. The molecule has 0 amide bonds. The van der Waals surface area contributed by atoms with Crippen LogP contribution in [0.4, 0.5) is 4.39 Å². The number of nitrogens with zero attached hydrogens (tertiary/aromatic N) is 2. The Morgan fingerprint density at radius 1 is 1.30 bits per heavy atom. The summed E-state index contributed by atoms with van der Waals surface area (Å²) in [7, 11) is 1.45. The molecule has 1 heterocycles. The van der Waals surface area contributed by atoms with E-state index in [2.05, 4.69) is 15.3 Å². The van der Waals surface area contributed by atoms with Gasteiger partial charge in [-0.15, -0.1) is 0 Å². The van der Waals surface area contributed by atoms with E-state index in [1.807, 2.05) is 13.8 Å². The van der Waals surface area contributed by atoms with Crippen molar-refractivity contribution in [3.05, 3.63) is 53.4 Å². The maximum atomic E-state index is 14.4. The summed E-state index contributed by atoms with van der Waals surface area (Å²) in [6.45, 7) is 4.52. The van der Waals surface area contributed by atoms with Crippen LogP contribution in [0, 0.1) is 12.7 Å². The lowest BCUT2D eigenvalue weighted by atomic mass is 10.0. The Kier molecular flexibility index (Phi) is 4.63.